The molecule has 4 nitrogen and oxygen atoms in total. The maximum atomic E-state index is 11.4. The lowest BCUT2D eigenvalue weighted by atomic mass is 10.1. The third-order valence-electron chi connectivity index (χ3n) is 2.26. The number of carboxylic acids is 1. The van der Waals surface area contributed by atoms with E-state index >= 15 is 0 Å². The van der Waals surface area contributed by atoms with Crippen molar-refractivity contribution in [2.75, 3.05) is 0 Å². The minimum Gasteiger partial charge on any atom is -0.480 e. The van der Waals surface area contributed by atoms with Crippen LogP contribution in [0.5, 0.6) is 0 Å². The summed E-state index contributed by atoms with van der Waals surface area (Å²) < 4.78 is 0. The molecule has 2 atom stereocenters. The number of carbonyl (C=O) groups excluding carboxylic acids is 1. The molecule has 1 amide bonds. The number of carbonyl (C=O) groups is 2. The SMILES string of the molecule is CC(Br)C(=O)N[C@@H](Cc1ccccc1)C(=O)O. The maximum absolute atomic E-state index is 11.4. The van der Waals surface area contributed by atoms with Crippen molar-refractivity contribution in [1.29, 1.82) is 0 Å². The summed E-state index contributed by atoms with van der Waals surface area (Å²) in [6.45, 7) is 1.65. The molecule has 0 aliphatic rings. The summed E-state index contributed by atoms with van der Waals surface area (Å²) in [6, 6.07) is 8.30. The number of hydrogen-bond donors (Lipinski definition) is 2. The molecule has 1 aromatic rings. The monoisotopic (exact) mass is 299 g/mol. The molecule has 0 heterocycles. The van der Waals surface area contributed by atoms with Crippen LogP contribution in [-0.2, 0) is 16.0 Å². The van der Waals surface area contributed by atoms with Gasteiger partial charge in [0.05, 0.1) is 4.83 Å². The molecule has 0 aliphatic carbocycles. The molecule has 1 unspecified atom stereocenters. The molecule has 17 heavy (non-hydrogen) atoms. The van der Waals surface area contributed by atoms with Crippen molar-refractivity contribution in [2.45, 2.75) is 24.2 Å². The Morgan fingerprint density at radius 1 is 1.35 bits per heavy atom. The highest BCUT2D eigenvalue weighted by Crippen LogP contribution is 2.05. The Hall–Kier alpha value is -1.36. The van der Waals surface area contributed by atoms with Gasteiger partial charge in [0.2, 0.25) is 5.91 Å². The van der Waals surface area contributed by atoms with Gasteiger partial charge < -0.3 is 10.4 Å². The van der Waals surface area contributed by atoms with E-state index in [0.29, 0.717) is 0 Å². The predicted octanol–water partition coefficient (Wildman–Crippen LogP) is 1.58. The van der Waals surface area contributed by atoms with Gasteiger partial charge in [0.1, 0.15) is 6.04 Å². The van der Waals surface area contributed by atoms with Gasteiger partial charge in [-0.2, -0.15) is 0 Å². The van der Waals surface area contributed by atoms with E-state index in [-0.39, 0.29) is 12.3 Å². The van der Waals surface area contributed by atoms with Crippen LogP contribution in [0, 0.1) is 0 Å². The van der Waals surface area contributed by atoms with Gasteiger partial charge in [-0.15, -0.1) is 0 Å². The minimum absolute atomic E-state index is 0.279. The van der Waals surface area contributed by atoms with Crippen molar-refractivity contribution in [3.63, 3.8) is 0 Å². The third kappa shape index (κ3) is 4.56. The molecule has 0 radical (unpaired) electrons. The summed E-state index contributed by atoms with van der Waals surface area (Å²) >= 11 is 3.10. The van der Waals surface area contributed by atoms with Gasteiger partial charge >= 0.3 is 5.97 Å². The van der Waals surface area contributed by atoms with E-state index in [4.69, 9.17) is 5.11 Å². The van der Waals surface area contributed by atoms with Crippen LogP contribution >= 0.6 is 15.9 Å². The Morgan fingerprint density at radius 3 is 2.41 bits per heavy atom. The highest BCUT2D eigenvalue weighted by atomic mass is 79.9. The normalized spacial score (nSPS) is 13.8. The Labute approximate surface area is 108 Å². The number of carboxylic acid groups (broad SMARTS) is 1. The highest BCUT2D eigenvalue weighted by molar-refractivity contribution is 9.10. The summed E-state index contributed by atoms with van der Waals surface area (Å²) in [5.74, 6) is -1.36. The van der Waals surface area contributed by atoms with Crippen LogP contribution in [0.3, 0.4) is 0 Å². The van der Waals surface area contributed by atoms with E-state index in [1.54, 1.807) is 6.92 Å². The molecular formula is C12H14BrNO3. The van der Waals surface area contributed by atoms with E-state index in [2.05, 4.69) is 21.2 Å². The average molecular weight is 300 g/mol. The van der Waals surface area contributed by atoms with E-state index < -0.39 is 16.8 Å². The Morgan fingerprint density at radius 2 is 1.94 bits per heavy atom. The summed E-state index contributed by atoms with van der Waals surface area (Å²) in [5, 5.41) is 11.5. The third-order valence-corrected chi connectivity index (χ3v) is 2.67. The number of alkyl halides is 1. The van der Waals surface area contributed by atoms with Crippen molar-refractivity contribution >= 4 is 27.8 Å². The first-order valence-electron chi connectivity index (χ1n) is 5.22. The highest BCUT2D eigenvalue weighted by Gasteiger charge is 2.21. The minimum atomic E-state index is -1.03. The van der Waals surface area contributed by atoms with Crippen molar-refractivity contribution < 1.29 is 14.7 Å². The van der Waals surface area contributed by atoms with E-state index in [1.807, 2.05) is 30.3 Å². The van der Waals surface area contributed by atoms with Crippen molar-refractivity contribution in [3.8, 4) is 0 Å². The van der Waals surface area contributed by atoms with Crippen LogP contribution < -0.4 is 5.32 Å². The maximum Gasteiger partial charge on any atom is 0.326 e. The van der Waals surface area contributed by atoms with Gasteiger partial charge in [-0.3, -0.25) is 4.79 Å². The number of aliphatic carboxylic acids is 1. The first-order valence-corrected chi connectivity index (χ1v) is 6.13. The summed E-state index contributed by atoms with van der Waals surface area (Å²) in [4.78, 5) is 22.1. The van der Waals surface area contributed by atoms with E-state index in [0.717, 1.165) is 5.56 Å². The zero-order valence-corrected chi connectivity index (χ0v) is 11.0. The molecule has 2 N–H and O–H groups in total. The summed E-state index contributed by atoms with van der Waals surface area (Å²) in [7, 11) is 0. The van der Waals surface area contributed by atoms with Gasteiger partial charge in [-0.05, 0) is 12.5 Å². The second-order valence-electron chi connectivity index (χ2n) is 3.71. The zero-order valence-electron chi connectivity index (χ0n) is 9.39. The fraction of sp³-hybridized carbons (Fsp3) is 0.333. The molecule has 1 rings (SSSR count). The summed E-state index contributed by atoms with van der Waals surface area (Å²) in [6.07, 6.45) is 0.279. The molecule has 5 heteroatoms. The van der Waals surface area contributed by atoms with Gasteiger partial charge in [0, 0.05) is 6.42 Å². The molecule has 0 fully saturated rings. The van der Waals surface area contributed by atoms with Crippen LogP contribution in [0.1, 0.15) is 12.5 Å². The lowest BCUT2D eigenvalue weighted by Gasteiger charge is -2.15. The lowest BCUT2D eigenvalue weighted by molar-refractivity contribution is -0.141. The molecule has 0 aromatic heterocycles. The van der Waals surface area contributed by atoms with Crippen molar-refractivity contribution in [2.24, 2.45) is 0 Å². The van der Waals surface area contributed by atoms with Crippen LogP contribution in [0.4, 0.5) is 0 Å². The lowest BCUT2D eigenvalue weighted by Crippen LogP contribution is -2.44. The fourth-order valence-corrected chi connectivity index (χ4v) is 1.47. The number of amides is 1. The zero-order chi connectivity index (χ0) is 12.8. The molecule has 0 spiro atoms. The van der Waals surface area contributed by atoms with Crippen LogP contribution in [0.2, 0.25) is 0 Å². The van der Waals surface area contributed by atoms with Crippen LogP contribution in [0.15, 0.2) is 30.3 Å². The second kappa shape index (κ2) is 6.39. The van der Waals surface area contributed by atoms with Gasteiger partial charge in [-0.25, -0.2) is 4.79 Å². The molecular weight excluding hydrogens is 286 g/mol. The van der Waals surface area contributed by atoms with Gasteiger partial charge in [0.15, 0.2) is 0 Å². The first-order chi connectivity index (χ1) is 8.00. The number of rotatable bonds is 5. The molecule has 0 saturated heterocycles. The number of hydrogen-bond acceptors (Lipinski definition) is 2. The Bertz CT molecular complexity index is 392. The second-order valence-corrected chi connectivity index (χ2v) is 5.08. The number of benzene rings is 1. The topological polar surface area (TPSA) is 66.4 Å². The Balaban J connectivity index is 2.68. The smallest absolute Gasteiger partial charge is 0.326 e. The standard InChI is InChI=1S/C12H14BrNO3/c1-8(13)11(15)14-10(12(16)17)7-9-5-3-2-4-6-9/h2-6,8,10H,7H2,1H3,(H,14,15)(H,16,17)/t8?,10-/m0/s1. The number of nitrogens with one attached hydrogen (secondary N) is 1. The quantitative estimate of drug-likeness (QED) is 0.811. The van der Waals surface area contributed by atoms with E-state index in [9.17, 15) is 9.59 Å². The number of halogens is 1. The molecule has 1 aromatic carbocycles. The van der Waals surface area contributed by atoms with Crippen LogP contribution in [0.25, 0.3) is 0 Å². The Kier molecular flexibility index (Phi) is 5.15. The average Bonchev–Trinajstić information content (AvgIpc) is 2.29. The molecule has 0 bridgehead atoms. The summed E-state index contributed by atoms with van der Waals surface area (Å²) in [5.41, 5.74) is 0.877. The fourth-order valence-electron chi connectivity index (χ4n) is 1.34. The largest absolute Gasteiger partial charge is 0.480 e. The van der Waals surface area contributed by atoms with E-state index in [1.165, 1.54) is 0 Å². The first kappa shape index (κ1) is 13.7. The molecule has 0 aliphatic heterocycles. The molecule has 92 valence electrons. The van der Waals surface area contributed by atoms with Gasteiger partial charge in [0.25, 0.3) is 0 Å². The van der Waals surface area contributed by atoms with Crippen molar-refractivity contribution in [1.82, 2.24) is 5.32 Å². The predicted molar refractivity (Wildman–Crippen MR) is 68.1 cm³/mol. The van der Waals surface area contributed by atoms with Gasteiger partial charge in [-0.1, -0.05) is 46.3 Å². The molecule has 0 saturated carbocycles. The van der Waals surface area contributed by atoms with Crippen LogP contribution in [-0.4, -0.2) is 27.9 Å². The van der Waals surface area contributed by atoms with Crippen molar-refractivity contribution in [3.05, 3.63) is 35.9 Å².